The Kier molecular flexibility index (Phi) is 2.29. The summed E-state index contributed by atoms with van der Waals surface area (Å²) >= 11 is 3.49. The van der Waals surface area contributed by atoms with E-state index in [-0.39, 0.29) is 0 Å². The van der Waals surface area contributed by atoms with Crippen molar-refractivity contribution in [2.45, 2.75) is 6.54 Å². The number of hydrogen-bond acceptors (Lipinski definition) is 2. The molecule has 0 aliphatic heterocycles. The molecule has 0 saturated heterocycles. The average molecular weight is 237 g/mol. The molecule has 3 heteroatoms. The normalized spacial score (nSPS) is 10.6. The molecule has 2 rings (SSSR count). The Bertz CT molecular complexity index is 435. The monoisotopic (exact) mass is 236 g/mol. The third kappa shape index (κ3) is 1.45. The SMILES string of the molecule is NCc1nccc2cccc(Br)c12. The second-order valence-corrected chi connectivity index (χ2v) is 3.65. The van der Waals surface area contributed by atoms with Gasteiger partial charge in [0.25, 0.3) is 0 Å². The van der Waals surface area contributed by atoms with Crippen molar-refractivity contribution in [2.75, 3.05) is 0 Å². The Labute approximate surface area is 84.9 Å². The lowest BCUT2D eigenvalue weighted by Crippen LogP contribution is -2.00. The Balaban J connectivity index is 2.87. The highest BCUT2D eigenvalue weighted by atomic mass is 79.9. The number of hydrogen-bond donors (Lipinski definition) is 1. The van der Waals surface area contributed by atoms with E-state index in [1.54, 1.807) is 6.20 Å². The van der Waals surface area contributed by atoms with Gasteiger partial charge in [0.15, 0.2) is 0 Å². The Morgan fingerprint density at radius 2 is 2.15 bits per heavy atom. The second kappa shape index (κ2) is 3.44. The number of pyridine rings is 1. The molecule has 2 nitrogen and oxygen atoms in total. The number of rotatable bonds is 1. The van der Waals surface area contributed by atoms with E-state index >= 15 is 0 Å². The van der Waals surface area contributed by atoms with Crippen molar-refractivity contribution < 1.29 is 0 Å². The quantitative estimate of drug-likeness (QED) is 0.827. The van der Waals surface area contributed by atoms with Crippen molar-refractivity contribution in [3.05, 3.63) is 40.6 Å². The van der Waals surface area contributed by atoms with Crippen molar-refractivity contribution in [3.63, 3.8) is 0 Å². The van der Waals surface area contributed by atoms with Gasteiger partial charge in [-0.3, -0.25) is 4.98 Å². The minimum absolute atomic E-state index is 0.472. The van der Waals surface area contributed by atoms with Crippen molar-refractivity contribution in [1.29, 1.82) is 0 Å². The second-order valence-electron chi connectivity index (χ2n) is 2.80. The highest BCUT2D eigenvalue weighted by molar-refractivity contribution is 9.10. The molecule has 66 valence electrons. The molecule has 0 unspecified atom stereocenters. The maximum atomic E-state index is 5.60. The largest absolute Gasteiger partial charge is 0.325 e. The van der Waals surface area contributed by atoms with E-state index in [1.807, 2.05) is 18.2 Å². The molecule has 0 aliphatic rings. The first kappa shape index (κ1) is 8.66. The smallest absolute Gasteiger partial charge is 0.0629 e. The van der Waals surface area contributed by atoms with Crippen molar-refractivity contribution in [2.24, 2.45) is 5.73 Å². The summed E-state index contributed by atoms with van der Waals surface area (Å²) in [7, 11) is 0. The van der Waals surface area contributed by atoms with Gasteiger partial charge in [0.1, 0.15) is 0 Å². The van der Waals surface area contributed by atoms with Crippen LogP contribution in [0.4, 0.5) is 0 Å². The Hall–Kier alpha value is -0.930. The lowest BCUT2D eigenvalue weighted by atomic mass is 10.1. The molecule has 0 aliphatic carbocycles. The maximum Gasteiger partial charge on any atom is 0.0629 e. The first-order valence-electron chi connectivity index (χ1n) is 4.05. The number of benzene rings is 1. The zero-order valence-corrected chi connectivity index (χ0v) is 8.58. The van der Waals surface area contributed by atoms with E-state index in [0.717, 1.165) is 15.6 Å². The number of aromatic nitrogens is 1. The number of halogens is 1. The fourth-order valence-electron chi connectivity index (χ4n) is 1.41. The van der Waals surface area contributed by atoms with E-state index in [0.29, 0.717) is 6.54 Å². The molecule has 0 atom stereocenters. The van der Waals surface area contributed by atoms with E-state index < -0.39 is 0 Å². The number of fused-ring (bicyclic) bond motifs is 1. The molecule has 13 heavy (non-hydrogen) atoms. The van der Waals surface area contributed by atoms with Crippen molar-refractivity contribution in [1.82, 2.24) is 4.98 Å². The number of nitrogens with two attached hydrogens (primary N) is 1. The van der Waals surface area contributed by atoms with Gasteiger partial charge in [0, 0.05) is 22.6 Å². The van der Waals surface area contributed by atoms with Gasteiger partial charge in [-0.1, -0.05) is 28.1 Å². The summed E-state index contributed by atoms with van der Waals surface area (Å²) in [5.41, 5.74) is 6.54. The lowest BCUT2D eigenvalue weighted by Gasteiger charge is -2.04. The summed E-state index contributed by atoms with van der Waals surface area (Å²) in [4.78, 5) is 4.23. The summed E-state index contributed by atoms with van der Waals surface area (Å²) < 4.78 is 1.05. The standard InChI is InChI=1S/C10H9BrN2/c11-8-3-1-2-7-4-5-13-9(6-12)10(7)8/h1-5H,6,12H2. The van der Waals surface area contributed by atoms with Crippen molar-refractivity contribution >= 4 is 26.7 Å². The molecular formula is C10H9BrN2. The van der Waals surface area contributed by atoms with E-state index in [9.17, 15) is 0 Å². The zero-order valence-electron chi connectivity index (χ0n) is 7.00. The van der Waals surface area contributed by atoms with Crippen LogP contribution in [-0.2, 0) is 6.54 Å². The molecule has 1 aromatic heterocycles. The lowest BCUT2D eigenvalue weighted by molar-refractivity contribution is 1.01. The summed E-state index contributed by atoms with van der Waals surface area (Å²) in [6.45, 7) is 0.472. The van der Waals surface area contributed by atoms with Crippen LogP contribution in [0.25, 0.3) is 10.8 Å². The van der Waals surface area contributed by atoms with Gasteiger partial charge in [-0.05, 0) is 17.5 Å². The van der Waals surface area contributed by atoms with Gasteiger partial charge in [0.2, 0.25) is 0 Å². The minimum Gasteiger partial charge on any atom is -0.325 e. The molecule has 0 amide bonds. The van der Waals surface area contributed by atoms with Crippen LogP contribution in [0.3, 0.4) is 0 Å². The van der Waals surface area contributed by atoms with Gasteiger partial charge in [0.05, 0.1) is 5.69 Å². The minimum atomic E-state index is 0.472. The molecule has 0 saturated carbocycles. The average Bonchev–Trinajstić information content (AvgIpc) is 2.17. The molecule has 2 N–H and O–H groups in total. The maximum absolute atomic E-state index is 5.60. The first-order chi connectivity index (χ1) is 6.33. The van der Waals surface area contributed by atoms with Gasteiger partial charge >= 0.3 is 0 Å². The van der Waals surface area contributed by atoms with Crippen molar-refractivity contribution in [3.8, 4) is 0 Å². The molecule has 0 bridgehead atoms. The highest BCUT2D eigenvalue weighted by Crippen LogP contribution is 2.25. The topological polar surface area (TPSA) is 38.9 Å². The summed E-state index contributed by atoms with van der Waals surface area (Å²) in [6, 6.07) is 8.05. The van der Waals surface area contributed by atoms with Gasteiger partial charge in [-0.25, -0.2) is 0 Å². The first-order valence-corrected chi connectivity index (χ1v) is 4.84. The van der Waals surface area contributed by atoms with Crippen LogP contribution >= 0.6 is 15.9 Å². The van der Waals surface area contributed by atoms with E-state index in [4.69, 9.17) is 5.73 Å². The fourth-order valence-corrected chi connectivity index (χ4v) is 2.02. The van der Waals surface area contributed by atoms with Gasteiger partial charge in [-0.2, -0.15) is 0 Å². The molecule has 0 radical (unpaired) electrons. The molecule has 2 aromatic rings. The van der Waals surface area contributed by atoms with Crippen LogP contribution < -0.4 is 5.73 Å². The summed E-state index contributed by atoms with van der Waals surface area (Å²) in [5, 5.41) is 2.29. The van der Waals surface area contributed by atoms with Gasteiger partial charge < -0.3 is 5.73 Å². The van der Waals surface area contributed by atoms with Crippen LogP contribution in [0, 0.1) is 0 Å². The van der Waals surface area contributed by atoms with Gasteiger partial charge in [-0.15, -0.1) is 0 Å². The zero-order chi connectivity index (χ0) is 9.26. The predicted molar refractivity (Wildman–Crippen MR) is 57.3 cm³/mol. The van der Waals surface area contributed by atoms with Crippen LogP contribution in [0.1, 0.15) is 5.69 Å². The van der Waals surface area contributed by atoms with E-state index in [1.165, 1.54) is 5.39 Å². The third-order valence-corrected chi connectivity index (χ3v) is 2.67. The molecular weight excluding hydrogens is 228 g/mol. The highest BCUT2D eigenvalue weighted by Gasteiger charge is 2.03. The molecule has 0 spiro atoms. The summed E-state index contributed by atoms with van der Waals surface area (Å²) in [6.07, 6.45) is 1.79. The third-order valence-electron chi connectivity index (χ3n) is 2.01. The molecule has 1 heterocycles. The van der Waals surface area contributed by atoms with Crippen LogP contribution in [0.2, 0.25) is 0 Å². The predicted octanol–water partition coefficient (Wildman–Crippen LogP) is 2.46. The number of nitrogens with zero attached hydrogens (tertiary/aromatic N) is 1. The Morgan fingerprint density at radius 1 is 1.31 bits per heavy atom. The van der Waals surface area contributed by atoms with Crippen LogP contribution in [0.15, 0.2) is 34.9 Å². The molecule has 0 fully saturated rings. The summed E-state index contributed by atoms with van der Waals surface area (Å²) in [5.74, 6) is 0. The van der Waals surface area contributed by atoms with Crippen LogP contribution in [0.5, 0.6) is 0 Å². The Morgan fingerprint density at radius 3 is 2.92 bits per heavy atom. The fraction of sp³-hybridized carbons (Fsp3) is 0.100. The van der Waals surface area contributed by atoms with Crippen LogP contribution in [-0.4, -0.2) is 4.98 Å². The van der Waals surface area contributed by atoms with E-state index in [2.05, 4.69) is 27.0 Å². The molecule has 1 aromatic carbocycles.